The van der Waals surface area contributed by atoms with Gasteiger partial charge in [0, 0.05) is 5.02 Å². The van der Waals surface area contributed by atoms with Crippen LogP contribution in [0.25, 0.3) is 5.69 Å². The van der Waals surface area contributed by atoms with Crippen LogP contribution in [0.15, 0.2) is 35.7 Å². The summed E-state index contributed by atoms with van der Waals surface area (Å²) >= 11 is 6.00. The molecule has 10 heteroatoms. The number of aryl methyl sites for hydroxylation is 1. The Hall–Kier alpha value is -3.51. The third-order valence-corrected chi connectivity index (χ3v) is 5.37. The standard InChI is InChI=1S/C22H23ClN4O5/c1-4-30-17(28)10-22(11-18(29)31-5-2)16(12-24)20(25)32-21-19(22)13(3)26-27(21)15-8-6-14(23)7-9-15/h6-9H,4-5,10-11,25H2,1-3H3. The van der Waals surface area contributed by atoms with Crippen LogP contribution in [0.2, 0.25) is 5.02 Å². The van der Waals surface area contributed by atoms with E-state index in [0.29, 0.717) is 22.0 Å². The van der Waals surface area contributed by atoms with Crippen molar-refractivity contribution in [3.63, 3.8) is 0 Å². The summed E-state index contributed by atoms with van der Waals surface area (Å²) in [6.45, 7) is 5.33. The highest BCUT2D eigenvalue weighted by molar-refractivity contribution is 6.30. The van der Waals surface area contributed by atoms with Crippen molar-refractivity contribution in [1.82, 2.24) is 9.78 Å². The predicted molar refractivity (Wildman–Crippen MR) is 115 cm³/mol. The number of hydrogen-bond donors (Lipinski definition) is 1. The highest BCUT2D eigenvalue weighted by Gasteiger charge is 2.51. The van der Waals surface area contributed by atoms with E-state index in [4.69, 9.17) is 31.5 Å². The number of rotatable bonds is 7. The van der Waals surface area contributed by atoms with E-state index in [2.05, 4.69) is 5.10 Å². The Morgan fingerprint density at radius 3 is 2.25 bits per heavy atom. The Labute approximate surface area is 190 Å². The minimum absolute atomic E-state index is 0.0511. The largest absolute Gasteiger partial charge is 0.466 e. The molecule has 1 aliphatic rings. The maximum absolute atomic E-state index is 12.6. The molecule has 0 radical (unpaired) electrons. The summed E-state index contributed by atoms with van der Waals surface area (Å²) in [4.78, 5) is 25.3. The molecule has 1 aromatic heterocycles. The van der Waals surface area contributed by atoms with Gasteiger partial charge in [0.2, 0.25) is 11.8 Å². The molecule has 2 N–H and O–H groups in total. The smallest absolute Gasteiger partial charge is 0.307 e. The first-order chi connectivity index (χ1) is 15.3. The van der Waals surface area contributed by atoms with Gasteiger partial charge in [-0.3, -0.25) is 9.59 Å². The molecule has 0 amide bonds. The van der Waals surface area contributed by atoms with Crippen molar-refractivity contribution >= 4 is 23.5 Å². The molecule has 9 nitrogen and oxygen atoms in total. The SMILES string of the molecule is CCOC(=O)CC1(CC(=O)OCC)C(C#N)=C(N)Oc2c1c(C)nn2-c1ccc(Cl)cc1. The molecule has 0 unspecified atom stereocenters. The van der Waals surface area contributed by atoms with Gasteiger partial charge >= 0.3 is 11.9 Å². The predicted octanol–water partition coefficient (Wildman–Crippen LogP) is 3.06. The zero-order chi connectivity index (χ0) is 23.5. The molecule has 0 saturated carbocycles. The summed E-state index contributed by atoms with van der Waals surface area (Å²) in [6, 6.07) is 8.87. The summed E-state index contributed by atoms with van der Waals surface area (Å²) in [7, 11) is 0. The van der Waals surface area contributed by atoms with Crippen molar-refractivity contribution in [2.75, 3.05) is 13.2 Å². The van der Waals surface area contributed by atoms with Crippen LogP contribution in [0.3, 0.4) is 0 Å². The van der Waals surface area contributed by atoms with E-state index in [-0.39, 0.29) is 43.4 Å². The maximum Gasteiger partial charge on any atom is 0.307 e. The Bertz CT molecular complexity index is 1090. The van der Waals surface area contributed by atoms with E-state index < -0.39 is 17.4 Å². The second-order valence-corrected chi connectivity index (χ2v) is 7.59. The number of allylic oxidation sites excluding steroid dienone is 1. The summed E-state index contributed by atoms with van der Waals surface area (Å²) in [5.74, 6) is -1.20. The van der Waals surface area contributed by atoms with E-state index in [0.717, 1.165) is 0 Å². The second-order valence-electron chi connectivity index (χ2n) is 7.15. The number of carbonyl (C=O) groups excluding carboxylic acids is 2. The van der Waals surface area contributed by atoms with Crippen LogP contribution in [0.5, 0.6) is 5.88 Å². The highest BCUT2D eigenvalue weighted by Crippen LogP contribution is 2.50. The molecule has 0 spiro atoms. The Morgan fingerprint density at radius 1 is 1.19 bits per heavy atom. The van der Waals surface area contributed by atoms with E-state index in [1.807, 2.05) is 6.07 Å². The number of fused-ring (bicyclic) bond motifs is 1. The lowest BCUT2D eigenvalue weighted by molar-refractivity contribution is -0.147. The van der Waals surface area contributed by atoms with E-state index in [1.165, 1.54) is 4.68 Å². The Balaban J connectivity index is 2.27. The molecule has 0 atom stereocenters. The van der Waals surface area contributed by atoms with E-state index in [1.54, 1.807) is 45.0 Å². The first-order valence-electron chi connectivity index (χ1n) is 10.0. The van der Waals surface area contributed by atoms with Crippen LogP contribution < -0.4 is 10.5 Å². The zero-order valence-corrected chi connectivity index (χ0v) is 18.7. The molecular weight excluding hydrogens is 436 g/mol. The number of nitrogens with zero attached hydrogens (tertiary/aromatic N) is 3. The molecule has 0 saturated heterocycles. The summed E-state index contributed by atoms with van der Waals surface area (Å²) < 4.78 is 17.6. The van der Waals surface area contributed by atoms with Crippen LogP contribution >= 0.6 is 11.6 Å². The van der Waals surface area contributed by atoms with Crippen LogP contribution in [0.1, 0.15) is 37.9 Å². The molecule has 2 aromatic rings. The monoisotopic (exact) mass is 458 g/mol. The van der Waals surface area contributed by atoms with Crippen LogP contribution in [-0.2, 0) is 24.5 Å². The van der Waals surface area contributed by atoms with Gasteiger partial charge in [-0.05, 0) is 45.0 Å². The van der Waals surface area contributed by atoms with Gasteiger partial charge in [0.05, 0.1) is 48.4 Å². The summed E-state index contributed by atoms with van der Waals surface area (Å²) in [5, 5.41) is 15.0. The second kappa shape index (κ2) is 9.32. The first-order valence-corrected chi connectivity index (χ1v) is 10.4. The molecule has 1 aliphatic heterocycles. The van der Waals surface area contributed by atoms with Gasteiger partial charge in [-0.2, -0.15) is 10.4 Å². The van der Waals surface area contributed by atoms with E-state index in [9.17, 15) is 14.9 Å². The lowest BCUT2D eigenvalue weighted by atomic mass is 9.68. The molecule has 0 bridgehead atoms. The molecular formula is C22H23ClN4O5. The number of esters is 2. The fourth-order valence-corrected chi connectivity index (χ4v) is 4.05. The minimum Gasteiger partial charge on any atom is -0.466 e. The molecule has 2 heterocycles. The van der Waals surface area contributed by atoms with Gasteiger partial charge in [0.1, 0.15) is 11.6 Å². The normalized spacial score (nSPS) is 14.2. The zero-order valence-electron chi connectivity index (χ0n) is 18.0. The number of carbonyl (C=O) groups is 2. The van der Waals surface area contributed by atoms with Crippen molar-refractivity contribution in [1.29, 1.82) is 5.26 Å². The van der Waals surface area contributed by atoms with Gasteiger partial charge in [-0.25, -0.2) is 4.68 Å². The first kappa shape index (κ1) is 23.2. The topological polar surface area (TPSA) is 129 Å². The molecule has 1 aromatic carbocycles. The molecule has 0 fully saturated rings. The van der Waals surface area contributed by atoms with Crippen molar-refractivity contribution in [3.8, 4) is 17.6 Å². The molecule has 0 aliphatic carbocycles. The average molecular weight is 459 g/mol. The van der Waals surface area contributed by atoms with Gasteiger partial charge < -0.3 is 19.9 Å². The lowest BCUT2D eigenvalue weighted by Crippen LogP contribution is -2.40. The third kappa shape index (κ3) is 4.14. The van der Waals surface area contributed by atoms with Crippen molar-refractivity contribution in [2.24, 2.45) is 5.73 Å². The van der Waals surface area contributed by atoms with Crippen LogP contribution in [0, 0.1) is 18.3 Å². The van der Waals surface area contributed by atoms with Crippen molar-refractivity contribution < 1.29 is 23.8 Å². The van der Waals surface area contributed by atoms with Crippen LogP contribution in [0.4, 0.5) is 0 Å². The minimum atomic E-state index is -1.46. The quantitative estimate of drug-likeness (QED) is 0.626. The summed E-state index contributed by atoms with van der Waals surface area (Å²) in [5.41, 5.74) is 6.10. The highest BCUT2D eigenvalue weighted by atomic mass is 35.5. The fourth-order valence-electron chi connectivity index (χ4n) is 3.92. The average Bonchev–Trinajstić information content (AvgIpc) is 3.05. The van der Waals surface area contributed by atoms with Gasteiger partial charge in [-0.1, -0.05) is 11.6 Å². The number of aromatic nitrogens is 2. The van der Waals surface area contributed by atoms with E-state index >= 15 is 0 Å². The van der Waals surface area contributed by atoms with Crippen molar-refractivity contribution in [3.05, 3.63) is 52.0 Å². The lowest BCUT2D eigenvalue weighted by Gasteiger charge is -2.35. The summed E-state index contributed by atoms with van der Waals surface area (Å²) in [6.07, 6.45) is -0.625. The number of ether oxygens (including phenoxy) is 3. The number of nitriles is 1. The third-order valence-electron chi connectivity index (χ3n) is 5.11. The van der Waals surface area contributed by atoms with Gasteiger partial charge in [0.15, 0.2) is 0 Å². The fraction of sp³-hybridized carbons (Fsp3) is 0.364. The maximum atomic E-state index is 12.6. The molecule has 168 valence electrons. The number of hydrogen-bond acceptors (Lipinski definition) is 8. The Morgan fingerprint density at radius 2 is 1.75 bits per heavy atom. The molecule has 32 heavy (non-hydrogen) atoms. The number of nitrogens with two attached hydrogens (primary N) is 1. The van der Waals surface area contributed by atoms with Gasteiger partial charge in [0.25, 0.3) is 0 Å². The number of halogens is 1. The number of benzene rings is 1. The molecule has 3 rings (SSSR count). The van der Waals surface area contributed by atoms with Crippen LogP contribution in [-0.4, -0.2) is 34.9 Å². The Kier molecular flexibility index (Phi) is 6.75. The van der Waals surface area contributed by atoms with Gasteiger partial charge in [-0.15, -0.1) is 0 Å². The van der Waals surface area contributed by atoms with Crippen molar-refractivity contribution in [2.45, 2.75) is 39.0 Å².